The normalized spacial score (nSPS) is 10.5. The highest BCUT2D eigenvalue weighted by molar-refractivity contribution is 5.91. The number of aromatic nitrogens is 2. The third-order valence-corrected chi connectivity index (χ3v) is 4.05. The van der Waals surface area contributed by atoms with Gasteiger partial charge < -0.3 is 19.6 Å². The first-order valence-corrected chi connectivity index (χ1v) is 8.82. The first-order valence-electron chi connectivity index (χ1n) is 8.82. The minimum Gasteiger partial charge on any atom is -0.459 e. The summed E-state index contributed by atoms with van der Waals surface area (Å²) in [5.41, 5.74) is 2.22. The van der Waals surface area contributed by atoms with E-state index in [1.54, 1.807) is 24.7 Å². The molecule has 0 atom stereocenters. The van der Waals surface area contributed by atoms with Gasteiger partial charge >= 0.3 is 0 Å². The molecule has 2 amide bonds. The van der Waals surface area contributed by atoms with Gasteiger partial charge in [0.05, 0.1) is 12.6 Å². The van der Waals surface area contributed by atoms with Crippen molar-refractivity contribution in [3.05, 3.63) is 78.3 Å². The van der Waals surface area contributed by atoms with Crippen LogP contribution in [0.1, 0.15) is 34.5 Å². The number of hydrogen-bond acceptors (Lipinski definition) is 4. The highest BCUT2D eigenvalue weighted by Crippen LogP contribution is 2.06. The Hall–Kier alpha value is -3.35. The number of furan rings is 1. The van der Waals surface area contributed by atoms with Gasteiger partial charge in [-0.15, -0.1) is 0 Å². The fourth-order valence-electron chi connectivity index (χ4n) is 2.59. The number of nitrogens with one attached hydrogen (secondary N) is 2. The molecular weight excluding hydrogens is 344 g/mol. The van der Waals surface area contributed by atoms with Crippen molar-refractivity contribution in [1.82, 2.24) is 20.2 Å². The highest BCUT2D eigenvalue weighted by Gasteiger charge is 2.07. The van der Waals surface area contributed by atoms with Gasteiger partial charge in [0.25, 0.3) is 5.91 Å². The fourth-order valence-corrected chi connectivity index (χ4v) is 2.59. The van der Waals surface area contributed by atoms with E-state index in [4.69, 9.17) is 4.42 Å². The maximum Gasteiger partial charge on any atom is 0.286 e. The Kier molecular flexibility index (Phi) is 6.40. The van der Waals surface area contributed by atoms with Crippen molar-refractivity contribution >= 4 is 11.8 Å². The molecule has 7 nitrogen and oxygen atoms in total. The molecule has 3 aromatic rings. The smallest absolute Gasteiger partial charge is 0.286 e. The number of rotatable bonds is 9. The molecule has 0 spiro atoms. The third kappa shape index (κ3) is 5.85. The van der Waals surface area contributed by atoms with Crippen molar-refractivity contribution in [2.75, 3.05) is 6.54 Å². The Morgan fingerprint density at radius 3 is 2.59 bits per heavy atom. The molecule has 0 bridgehead atoms. The molecule has 3 rings (SSSR count). The molecule has 0 saturated heterocycles. The lowest BCUT2D eigenvalue weighted by molar-refractivity contribution is -0.121. The minimum atomic E-state index is -0.267. The lowest BCUT2D eigenvalue weighted by Crippen LogP contribution is -2.27. The number of amides is 2. The quantitative estimate of drug-likeness (QED) is 0.569. The number of benzene rings is 1. The largest absolute Gasteiger partial charge is 0.459 e. The van der Waals surface area contributed by atoms with Crippen molar-refractivity contribution in [3.8, 4) is 0 Å². The van der Waals surface area contributed by atoms with Crippen LogP contribution in [-0.2, 0) is 17.9 Å². The second kappa shape index (κ2) is 9.38. The van der Waals surface area contributed by atoms with Crippen LogP contribution in [-0.4, -0.2) is 27.9 Å². The Morgan fingerprint density at radius 2 is 1.89 bits per heavy atom. The molecule has 0 radical (unpaired) electrons. The van der Waals surface area contributed by atoms with E-state index in [1.165, 1.54) is 11.8 Å². The van der Waals surface area contributed by atoms with Gasteiger partial charge in [-0.05, 0) is 29.7 Å². The van der Waals surface area contributed by atoms with Crippen LogP contribution in [0.2, 0.25) is 0 Å². The maximum absolute atomic E-state index is 11.9. The van der Waals surface area contributed by atoms with Crippen LogP contribution >= 0.6 is 0 Å². The zero-order chi connectivity index (χ0) is 18.9. The van der Waals surface area contributed by atoms with Crippen molar-refractivity contribution in [1.29, 1.82) is 0 Å². The lowest BCUT2D eigenvalue weighted by atomic mass is 10.1. The third-order valence-electron chi connectivity index (χ3n) is 4.05. The Labute approximate surface area is 157 Å². The van der Waals surface area contributed by atoms with Crippen LogP contribution < -0.4 is 10.6 Å². The topological polar surface area (TPSA) is 89.2 Å². The average molecular weight is 366 g/mol. The van der Waals surface area contributed by atoms with Gasteiger partial charge in [0.15, 0.2) is 5.76 Å². The molecule has 0 fully saturated rings. The minimum absolute atomic E-state index is 0.0373. The Balaban J connectivity index is 1.32. The summed E-state index contributed by atoms with van der Waals surface area (Å²) in [7, 11) is 0. The maximum atomic E-state index is 11.9. The monoisotopic (exact) mass is 366 g/mol. The van der Waals surface area contributed by atoms with E-state index in [2.05, 4.69) is 15.6 Å². The second-order valence-corrected chi connectivity index (χ2v) is 6.16. The summed E-state index contributed by atoms with van der Waals surface area (Å²) in [6.07, 6.45) is 7.84. The van der Waals surface area contributed by atoms with Crippen LogP contribution in [0.4, 0.5) is 0 Å². The van der Waals surface area contributed by atoms with Crippen LogP contribution in [0, 0.1) is 0 Å². The van der Waals surface area contributed by atoms with E-state index < -0.39 is 0 Å². The number of nitrogens with zero attached hydrogens (tertiary/aromatic N) is 2. The zero-order valence-corrected chi connectivity index (χ0v) is 14.9. The van der Waals surface area contributed by atoms with Gasteiger partial charge in [-0.1, -0.05) is 24.3 Å². The summed E-state index contributed by atoms with van der Waals surface area (Å²) in [5.74, 6) is -0.0307. The van der Waals surface area contributed by atoms with E-state index >= 15 is 0 Å². The van der Waals surface area contributed by atoms with E-state index in [9.17, 15) is 9.59 Å². The molecule has 0 unspecified atom stereocenters. The molecule has 0 aliphatic heterocycles. The van der Waals surface area contributed by atoms with Crippen LogP contribution in [0.25, 0.3) is 0 Å². The number of carbonyl (C=O) groups excluding carboxylic acids is 2. The van der Waals surface area contributed by atoms with Crippen molar-refractivity contribution < 1.29 is 14.0 Å². The summed E-state index contributed by atoms with van der Waals surface area (Å²) in [5, 5.41) is 5.61. The van der Waals surface area contributed by atoms with Crippen LogP contribution in [0.15, 0.2) is 65.8 Å². The molecule has 1 aromatic carbocycles. The summed E-state index contributed by atoms with van der Waals surface area (Å²) in [6, 6.07) is 11.4. The van der Waals surface area contributed by atoms with Crippen molar-refractivity contribution in [2.24, 2.45) is 0 Å². The summed E-state index contributed by atoms with van der Waals surface area (Å²) in [6.45, 7) is 1.69. The molecule has 2 aromatic heterocycles. The van der Waals surface area contributed by atoms with E-state index in [0.717, 1.165) is 12.1 Å². The Bertz CT molecular complexity index is 840. The predicted molar refractivity (Wildman–Crippen MR) is 99.9 cm³/mol. The standard InChI is InChI=1S/C20H22N4O3/c25-19(4-1-9-22-20(26)18-3-2-12-27-18)23-13-16-5-7-17(8-6-16)14-24-11-10-21-15-24/h2-3,5-8,10-12,15H,1,4,9,13-14H2,(H,22,26)(H,23,25). The van der Waals surface area contributed by atoms with Crippen LogP contribution in [0.3, 0.4) is 0 Å². The molecule has 0 saturated carbocycles. The van der Waals surface area contributed by atoms with Gasteiger partial charge in [0.1, 0.15) is 0 Å². The highest BCUT2D eigenvalue weighted by atomic mass is 16.3. The van der Waals surface area contributed by atoms with E-state index in [1.807, 2.05) is 35.0 Å². The first kappa shape index (κ1) is 18.4. The van der Waals surface area contributed by atoms with Crippen molar-refractivity contribution in [3.63, 3.8) is 0 Å². The van der Waals surface area contributed by atoms with Crippen molar-refractivity contribution in [2.45, 2.75) is 25.9 Å². The van der Waals surface area contributed by atoms with Crippen LogP contribution in [0.5, 0.6) is 0 Å². The van der Waals surface area contributed by atoms with E-state index in [-0.39, 0.29) is 17.6 Å². The predicted octanol–water partition coefficient (Wildman–Crippen LogP) is 2.35. The van der Waals surface area contributed by atoms with E-state index in [0.29, 0.717) is 25.9 Å². The molecule has 2 heterocycles. The lowest BCUT2D eigenvalue weighted by Gasteiger charge is -2.07. The number of hydrogen-bond donors (Lipinski definition) is 2. The summed E-state index contributed by atoms with van der Waals surface area (Å²) < 4.78 is 7.00. The average Bonchev–Trinajstić information content (AvgIpc) is 3.38. The molecular formula is C20H22N4O3. The second-order valence-electron chi connectivity index (χ2n) is 6.16. The molecule has 2 N–H and O–H groups in total. The SMILES string of the molecule is O=C(CCCNC(=O)c1ccco1)NCc1ccc(Cn2ccnc2)cc1. The van der Waals surface area contributed by atoms with Gasteiger partial charge in [-0.3, -0.25) is 9.59 Å². The van der Waals surface area contributed by atoms with Gasteiger partial charge in [-0.25, -0.2) is 4.98 Å². The molecule has 0 aliphatic carbocycles. The van der Waals surface area contributed by atoms with Gasteiger partial charge in [-0.2, -0.15) is 0 Å². The summed E-state index contributed by atoms with van der Waals surface area (Å²) in [4.78, 5) is 27.6. The Morgan fingerprint density at radius 1 is 1.07 bits per heavy atom. The molecule has 7 heteroatoms. The number of carbonyl (C=O) groups is 2. The fraction of sp³-hybridized carbons (Fsp3) is 0.250. The molecule has 27 heavy (non-hydrogen) atoms. The van der Waals surface area contributed by atoms with Gasteiger partial charge in [0.2, 0.25) is 5.91 Å². The number of imidazole rings is 1. The first-order chi connectivity index (χ1) is 13.2. The molecule has 140 valence electrons. The zero-order valence-electron chi connectivity index (χ0n) is 14.9. The van der Waals surface area contributed by atoms with Gasteiger partial charge in [0, 0.05) is 38.4 Å². The molecule has 0 aliphatic rings. The summed E-state index contributed by atoms with van der Waals surface area (Å²) >= 11 is 0.